The van der Waals surface area contributed by atoms with Crippen molar-refractivity contribution in [3.05, 3.63) is 105 Å². The molecule has 0 amide bonds. The summed E-state index contributed by atoms with van der Waals surface area (Å²) in [6.07, 6.45) is 0. The van der Waals surface area contributed by atoms with Crippen molar-refractivity contribution < 1.29 is 0 Å². The van der Waals surface area contributed by atoms with E-state index in [4.69, 9.17) is 23.2 Å². The van der Waals surface area contributed by atoms with E-state index in [1.165, 1.54) is 22.2 Å². The average molecular weight is 393 g/mol. The first-order valence-corrected chi connectivity index (χ1v) is 9.82. The van der Waals surface area contributed by atoms with Crippen molar-refractivity contribution in [2.75, 3.05) is 6.54 Å². The topological polar surface area (TPSA) is 27.8 Å². The summed E-state index contributed by atoms with van der Waals surface area (Å²) in [6.45, 7) is 0.825. The van der Waals surface area contributed by atoms with E-state index >= 15 is 0 Å². The lowest BCUT2D eigenvalue weighted by molar-refractivity contribution is 0.525. The lowest BCUT2D eigenvalue weighted by Gasteiger charge is -2.31. The molecule has 0 unspecified atom stereocenters. The smallest absolute Gasteiger partial charge is 0.0732 e. The molecule has 134 valence electrons. The van der Waals surface area contributed by atoms with Crippen LogP contribution in [0, 0.1) is 0 Å². The molecule has 1 aliphatic rings. The van der Waals surface area contributed by atoms with Gasteiger partial charge in [0.1, 0.15) is 0 Å². The lowest BCUT2D eigenvalue weighted by Crippen LogP contribution is -2.34. The molecule has 2 heterocycles. The number of nitrogens with one attached hydrogen (secondary N) is 2. The minimum Gasteiger partial charge on any atom is -0.357 e. The first-order chi connectivity index (χ1) is 13.2. The molecule has 2 nitrogen and oxygen atoms in total. The SMILES string of the molecule is Clc1ccc([C@@H]2NC[C@@H](c3ccccc3Cl)c3c2[nH]c2ccccc32)cc1. The van der Waals surface area contributed by atoms with Crippen LogP contribution in [0.25, 0.3) is 10.9 Å². The molecule has 4 heteroatoms. The summed E-state index contributed by atoms with van der Waals surface area (Å²) in [5.74, 6) is 0.202. The van der Waals surface area contributed by atoms with E-state index in [0.29, 0.717) is 0 Å². The maximum Gasteiger partial charge on any atom is 0.0732 e. The van der Waals surface area contributed by atoms with Crippen molar-refractivity contribution in [2.45, 2.75) is 12.0 Å². The van der Waals surface area contributed by atoms with E-state index in [-0.39, 0.29) is 12.0 Å². The lowest BCUT2D eigenvalue weighted by atomic mass is 9.83. The molecule has 0 bridgehead atoms. The number of H-pyrrole nitrogens is 1. The first kappa shape index (κ1) is 16.9. The van der Waals surface area contributed by atoms with Gasteiger partial charge in [0.05, 0.1) is 6.04 Å². The molecule has 4 aromatic rings. The van der Waals surface area contributed by atoms with Crippen LogP contribution in [0.15, 0.2) is 72.8 Å². The Morgan fingerprint density at radius 1 is 0.815 bits per heavy atom. The summed E-state index contributed by atoms with van der Waals surface area (Å²) in [6, 6.07) is 24.8. The average Bonchev–Trinajstić information content (AvgIpc) is 3.08. The van der Waals surface area contributed by atoms with E-state index in [9.17, 15) is 0 Å². The minimum absolute atomic E-state index is 0.100. The zero-order chi connectivity index (χ0) is 18.4. The highest BCUT2D eigenvalue weighted by Crippen LogP contribution is 2.43. The summed E-state index contributed by atoms with van der Waals surface area (Å²) in [5.41, 5.74) is 6.05. The fraction of sp³-hybridized carbons (Fsp3) is 0.130. The standard InChI is InChI=1S/C23H18Cl2N2/c24-15-11-9-14(10-12-15)22-23-21(17-6-2-4-8-20(17)27-23)18(13-26-22)16-5-1-3-7-19(16)25/h1-12,18,22,26-27H,13H2/t18-,22-/m0/s1. The number of hydrogen-bond acceptors (Lipinski definition) is 1. The molecule has 1 aliphatic heterocycles. The fourth-order valence-electron chi connectivity index (χ4n) is 4.19. The monoisotopic (exact) mass is 392 g/mol. The van der Waals surface area contributed by atoms with Crippen LogP contribution < -0.4 is 5.32 Å². The van der Waals surface area contributed by atoms with Gasteiger partial charge in [-0.25, -0.2) is 0 Å². The molecule has 2 N–H and O–H groups in total. The van der Waals surface area contributed by atoms with Gasteiger partial charge in [0.2, 0.25) is 0 Å². The highest BCUT2D eigenvalue weighted by molar-refractivity contribution is 6.31. The summed E-state index contributed by atoms with van der Waals surface area (Å²) in [4.78, 5) is 3.66. The number of para-hydroxylation sites is 1. The molecule has 0 aliphatic carbocycles. The van der Waals surface area contributed by atoms with Crippen molar-refractivity contribution in [3.8, 4) is 0 Å². The molecular formula is C23H18Cl2N2. The predicted octanol–water partition coefficient (Wildman–Crippen LogP) is 6.30. The molecule has 2 atom stereocenters. The normalized spacial score (nSPS) is 19.2. The molecule has 1 aromatic heterocycles. The molecule has 0 spiro atoms. The van der Waals surface area contributed by atoms with Crippen LogP contribution in [0.3, 0.4) is 0 Å². The van der Waals surface area contributed by atoms with Crippen molar-refractivity contribution in [2.24, 2.45) is 0 Å². The van der Waals surface area contributed by atoms with E-state index in [0.717, 1.165) is 27.7 Å². The number of fused-ring (bicyclic) bond motifs is 3. The van der Waals surface area contributed by atoms with Crippen molar-refractivity contribution >= 4 is 34.1 Å². The molecular weight excluding hydrogens is 375 g/mol. The van der Waals surface area contributed by atoms with Crippen LogP contribution in [0.2, 0.25) is 10.0 Å². The summed E-state index contributed by atoms with van der Waals surface area (Å²) < 4.78 is 0. The summed E-state index contributed by atoms with van der Waals surface area (Å²) >= 11 is 12.7. The number of hydrogen-bond donors (Lipinski definition) is 2. The van der Waals surface area contributed by atoms with Gasteiger partial charge in [-0.3, -0.25) is 0 Å². The van der Waals surface area contributed by atoms with Gasteiger partial charge in [0.25, 0.3) is 0 Å². The molecule has 27 heavy (non-hydrogen) atoms. The number of benzene rings is 3. The Morgan fingerprint density at radius 2 is 1.56 bits per heavy atom. The summed E-state index contributed by atoms with van der Waals surface area (Å²) in [5, 5.41) is 6.54. The Bertz CT molecular complexity index is 1110. The van der Waals surface area contributed by atoms with Gasteiger partial charge in [-0.15, -0.1) is 0 Å². The minimum atomic E-state index is 0.100. The molecule has 0 fully saturated rings. The fourth-order valence-corrected chi connectivity index (χ4v) is 4.58. The maximum absolute atomic E-state index is 6.56. The van der Waals surface area contributed by atoms with Crippen LogP contribution in [-0.2, 0) is 0 Å². The van der Waals surface area contributed by atoms with E-state index in [1.54, 1.807) is 0 Å². The second-order valence-electron chi connectivity index (χ2n) is 6.96. The predicted molar refractivity (Wildman–Crippen MR) is 113 cm³/mol. The second-order valence-corrected chi connectivity index (χ2v) is 7.81. The third-order valence-corrected chi connectivity index (χ3v) is 6.02. The largest absolute Gasteiger partial charge is 0.357 e. The Morgan fingerprint density at radius 3 is 2.37 bits per heavy atom. The van der Waals surface area contributed by atoms with Crippen LogP contribution in [0.5, 0.6) is 0 Å². The Kier molecular flexibility index (Phi) is 4.20. The Labute approximate surface area is 168 Å². The third kappa shape index (κ3) is 2.85. The van der Waals surface area contributed by atoms with Gasteiger partial charge in [-0.05, 0) is 41.0 Å². The zero-order valence-corrected chi connectivity index (χ0v) is 16.1. The Hall–Kier alpha value is -2.26. The van der Waals surface area contributed by atoms with Crippen molar-refractivity contribution in [1.29, 1.82) is 0 Å². The first-order valence-electron chi connectivity index (χ1n) is 9.06. The van der Waals surface area contributed by atoms with Gasteiger partial charge >= 0.3 is 0 Å². The van der Waals surface area contributed by atoms with Gasteiger partial charge in [-0.2, -0.15) is 0 Å². The van der Waals surface area contributed by atoms with Gasteiger partial charge in [0.15, 0.2) is 0 Å². The van der Waals surface area contributed by atoms with Crippen molar-refractivity contribution in [3.63, 3.8) is 0 Å². The van der Waals surface area contributed by atoms with E-state index in [2.05, 4.69) is 58.8 Å². The van der Waals surface area contributed by atoms with Crippen LogP contribution in [-0.4, -0.2) is 11.5 Å². The van der Waals surface area contributed by atoms with E-state index in [1.807, 2.05) is 24.3 Å². The quantitative estimate of drug-likeness (QED) is 0.411. The highest BCUT2D eigenvalue weighted by atomic mass is 35.5. The van der Waals surface area contributed by atoms with Gasteiger partial charge in [0, 0.05) is 39.1 Å². The van der Waals surface area contributed by atoms with Crippen LogP contribution in [0.4, 0.5) is 0 Å². The molecule has 0 saturated heterocycles. The van der Waals surface area contributed by atoms with E-state index < -0.39 is 0 Å². The number of aromatic nitrogens is 1. The number of rotatable bonds is 2. The Balaban J connectivity index is 1.72. The van der Waals surface area contributed by atoms with Crippen molar-refractivity contribution in [1.82, 2.24) is 10.3 Å². The summed E-state index contributed by atoms with van der Waals surface area (Å²) in [7, 11) is 0. The molecule has 5 rings (SSSR count). The highest BCUT2D eigenvalue weighted by Gasteiger charge is 2.33. The van der Waals surface area contributed by atoms with Crippen LogP contribution >= 0.6 is 23.2 Å². The van der Waals surface area contributed by atoms with Gasteiger partial charge < -0.3 is 10.3 Å². The third-order valence-electron chi connectivity index (χ3n) is 5.42. The molecule has 3 aromatic carbocycles. The zero-order valence-electron chi connectivity index (χ0n) is 14.5. The number of aromatic amines is 1. The molecule has 0 saturated carbocycles. The maximum atomic E-state index is 6.56. The van der Waals surface area contributed by atoms with Gasteiger partial charge in [-0.1, -0.05) is 71.7 Å². The molecule has 0 radical (unpaired) electrons. The second kappa shape index (κ2) is 6.72. The van der Waals surface area contributed by atoms with Crippen LogP contribution in [0.1, 0.15) is 34.3 Å². The number of halogens is 2.